The highest BCUT2D eigenvalue weighted by Gasteiger charge is 2.57. The number of hydrogen-bond donors (Lipinski definition) is 5. The van der Waals surface area contributed by atoms with E-state index < -0.39 is 62.4 Å². The van der Waals surface area contributed by atoms with E-state index >= 15 is 0 Å². The molecule has 224 valence electrons. The Morgan fingerprint density at radius 2 is 2.00 bits per heavy atom. The molecule has 0 saturated carbocycles. The first kappa shape index (κ1) is 30.9. The van der Waals surface area contributed by atoms with Crippen LogP contribution in [0.2, 0.25) is 0 Å². The number of hydrogen-bond acceptors (Lipinski definition) is 13. The van der Waals surface area contributed by atoms with Crippen LogP contribution >= 0.6 is 19.3 Å². The number of imidazole rings is 1. The van der Waals surface area contributed by atoms with E-state index in [1.807, 2.05) is 0 Å². The van der Waals surface area contributed by atoms with Crippen molar-refractivity contribution in [1.82, 2.24) is 24.6 Å². The van der Waals surface area contributed by atoms with Crippen LogP contribution < -0.4 is 20.7 Å². The number of rotatable bonds is 12. The van der Waals surface area contributed by atoms with Crippen LogP contribution in [0.15, 0.2) is 36.7 Å². The fraction of sp³-hybridized carbons (Fsp3) is 0.500. The maximum absolute atomic E-state index is 13.8. The molecule has 1 saturated heterocycles. The van der Waals surface area contributed by atoms with Crippen LogP contribution in [0.5, 0.6) is 5.75 Å². The molecule has 0 aliphatic carbocycles. The molecule has 17 heteroatoms. The van der Waals surface area contributed by atoms with E-state index in [9.17, 15) is 19.6 Å². The Bertz CT molecular complexity index is 1410. The van der Waals surface area contributed by atoms with Gasteiger partial charge in [0.25, 0.3) is 0 Å². The Labute approximate surface area is 240 Å². The van der Waals surface area contributed by atoms with Crippen LogP contribution in [0, 0.1) is 0 Å². The van der Waals surface area contributed by atoms with Crippen molar-refractivity contribution < 1.29 is 38.1 Å². The second-order valence-corrected chi connectivity index (χ2v) is 12.0. The summed E-state index contributed by atoms with van der Waals surface area (Å²) in [4.78, 5) is 23.2. The molecule has 3 heterocycles. The highest BCUT2D eigenvalue weighted by Crippen LogP contribution is 2.48. The van der Waals surface area contributed by atoms with Gasteiger partial charge in [0, 0.05) is 7.05 Å². The minimum atomic E-state index is -4.27. The molecule has 1 unspecified atom stereocenters. The van der Waals surface area contributed by atoms with Crippen LogP contribution in [0.3, 0.4) is 0 Å². The molecular formula is C24H33ClN7O8P. The number of para-hydroxylation sites is 1. The number of nitrogens with two attached hydrogens (primary N) is 1. The number of benzene rings is 1. The number of nitrogen functional groups attached to an aromatic ring is 1. The number of nitrogens with zero attached hydrogens (tertiary/aromatic N) is 4. The topological polar surface area (TPSA) is 205 Å². The number of alkyl halides is 1. The minimum Gasteiger partial charge on any atom is -0.462 e. The lowest BCUT2D eigenvalue weighted by Crippen LogP contribution is -2.45. The van der Waals surface area contributed by atoms with Crippen LogP contribution in [0.4, 0.5) is 11.8 Å². The van der Waals surface area contributed by atoms with Gasteiger partial charge in [-0.15, -0.1) is 11.6 Å². The van der Waals surface area contributed by atoms with Gasteiger partial charge >= 0.3 is 13.7 Å². The maximum Gasteiger partial charge on any atom is 0.459 e. The maximum atomic E-state index is 13.8. The van der Waals surface area contributed by atoms with Crippen molar-refractivity contribution in [3.63, 3.8) is 0 Å². The standard InChI is InChI=1S/C24H33ClN7O8P/c1-13(2)38-21(35)14(3)31-41(36,40-15-8-6-5-7-9-15)37-10-16-18(34)24(25,11-33)22(39-16)32-12-28-17-19(27-4)29-23(26)30-20(17)32/h5-9,12-14,16,18,22,33-34H,10-11H2,1-4H3,(H,31,36)(H3,26,27,29,30)/t14-,16-,18-,22-,24-,41?/m1/s1. The molecule has 0 spiro atoms. The van der Waals surface area contributed by atoms with Gasteiger partial charge in [0.1, 0.15) is 28.9 Å². The molecular weight excluding hydrogens is 581 g/mol. The molecule has 3 aromatic rings. The van der Waals surface area contributed by atoms with Gasteiger partial charge in [0.15, 0.2) is 23.2 Å². The zero-order valence-electron chi connectivity index (χ0n) is 22.8. The number of aromatic nitrogens is 4. The number of carbonyl (C=O) groups excluding carboxylic acids is 1. The average molecular weight is 614 g/mol. The lowest BCUT2D eigenvalue weighted by Gasteiger charge is -2.28. The SMILES string of the molecule is CNc1nc(N)nc2c1ncn2[C@@H]1O[C@H](COP(=O)(N[C@H](C)C(=O)OC(C)C)Oc2ccccc2)[C@@H](O)[C@]1(Cl)CO. The fourth-order valence-electron chi connectivity index (χ4n) is 4.19. The van der Waals surface area contributed by atoms with Crippen LogP contribution in [0.25, 0.3) is 11.2 Å². The van der Waals surface area contributed by atoms with Crippen molar-refractivity contribution in [3.8, 4) is 5.75 Å². The van der Waals surface area contributed by atoms with E-state index in [1.54, 1.807) is 51.2 Å². The number of anilines is 2. The predicted octanol–water partition coefficient (Wildman–Crippen LogP) is 1.81. The second-order valence-electron chi connectivity index (χ2n) is 9.60. The third kappa shape index (κ3) is 6.56. The Kier molecular flexibility index (Phi) is 9.39. The molecule has 41 heavy (non-hydrogen) atoms. The molecule has 1 aliphatic heterocycles. The molecule has 15 nitrogen and oxygen atoms in total. The van der Waals surface area contributed by atoms with E-state index in [0.717, 1.165) is 0 Å². The third-order valence-electron chi connectivity index (χ3n) is 6.16. The highest BCUT2D eigenvalue weighted by molar-refractivity contribution is 7.52. The number of halogens is 1. The van der Waals surface area contributed by atoms with Crippen LogP contribution in [-0.2, 0) is 23.4 Å². The zero-order chi connectivity index (χ0) is 29.9. The largest absolute Gasteiger partial charge is 0.462 e. The van der Waals surface area contributed by atoms with Gasteiger partial charge in [-0.2, -0.15) is 15.1 Å². The molecule has 1 aliphatic rings. The molecule has 6 N–H and O–H groups in total. The van der Waals surface area contributed by atoms with E-state index in [0.29, 0.717) is 11.3 Å². The van der Waals surface area contributed by atoms with Gasteiger partial charge < -0.3 is 35.3 Å². The Morgan fingerprint density at radius 3 is 2.63 bits per heavy atom. The first-order valence-electron chi connectivity index (χ1n) is 12.7. The van der Waals surface area contributed by atoms with E-state index in [2.05, 4.69) is 25.4 Å². The summed E-state index contributed by atoms with van der Waals surface area (Å²) >= 11 is 6.73. The smallest absolute Gasteiger partial charge is 0.459 e. The molecule has 1 aromatic carbocycles. The fourth-order valence-corrected chi connectivity index (χ4v) is 5.99. The van der Waals surface area contributed by atoms with Crippen molar-refractivity contribution in [2.45, 2.75) is 56.2 Å². The molecule has 4 rings (SSSR count). The summed E-state index contributed by atoms with van der Waals surface area (Å²) in [5.74, 6) is -0.180. The Balaban J connectivity index is 1.59. The first-order chi connectivity index (χ1) is 19.4. The number of esters is 1. The number of fused-ring (bicyclic) bond motifs is 1. The second kappa shape index (κ2) is 12.4. The van der Waals surface area contributed by atoms with Gasteiger partial charge in [-0.25, -0.2) is 9.55 Å². The molecule has 0 radical (unpaired) electrons. The Hall–Kier alpha value is -3.04. The molecule has 6 atom stereocenters. The van der Waals surface area contributed by atoms with E-state index in [-0.39, 0.29) is 17.3 Å². The lowest BCUT2D eigenvalue weighted by molar-refractivity contribution is -0.149. The van der Waals surface area contributed by atoms with E-state index in [4.69, 9.17) is 35.9 Å². The van der Waals surface area contributed by atoms with Gasteiger partial charge in [-0.05, 0) is 32.9 Å². The minimum absolute atomic E-state index is 0.0543. The van der Waals surface area contributed by atoms with Gasteiger partial charge in [-0.1, -0.05) is 18.2 Å². The van der Waals surface area contributed by atoms with Crippen molar-refractivity contribution in [2.24, 2.45) is 0 Å². The van der Waals surface area contributed by atoms with Crippen molar-refractivity contribution in [2.75, 3.05) is 31.3 Å². The Morgan fingerprint density at radius 1 is 1.29 bits per heavy atom. The summed E-state index contributed by atoms with van der Waals surface area (Å²) in [5, 5.41) is 26.8. The van der Waals surface area contributed by atoms with Crippen molar-refractivity contribution in [1.29, 1.82) is 0 Å². The summed E-state index contributed by atoms with van der Waals surface area (Å²) in [7, 11) is -2.64. The first-order valence-corrected chi connectivity index (χ1v) is 14.6. The molecule has 1 fully saturated rings. The van der Waals surface area contributed by atoms with E-state index in [1.165, 1.54) is 17.8 Å². The summed E-state index contributed by atoms with van der Waals surface area (Å²) in [6.45, 7) is 3.57. The summed E-state index contributed by atoms with van der Waals surface area (Å²) < 4.78 is 37.8. The van der Waals surface area contributed by atoms with Crippen LogP contribution in [-0.4, -0.2) is 85.2 Å². The lowest BCUT2D eigenvalue weighted by atomic mass is 9.99. The number of ether oxygens (including phenoxy) is 2. The average Bonchev–Trinajstić information content (AvgIpc) is 3.45. The molecule has 2 aromatic heterocycles. The molecule has 0 bridgehead atoms. The number of carbonyl (C=O) groups is 1. The number of aliphatic hydroxyl groups is 2. The van der Waals surface area contributed by atoms with Crippen molar-refractivity contribution >= 4 is 48.2 Å². The van der Waals surface area contributed by atoms with Gasteiger partial charge in [-0.3, -0.25) is 13.9 Å². The van der Waals surface area contributed by atoms with Crippen LogP contribution in [0.1, 0.15) is 27.0 Å². The summed E-state index contributed by atoms with van der Waals surface area (Å²) in [6, 6.07) is 7.10. The quantitative estimate of drug-likeness (QED) is 0.112. The third-order valence-corrected chi connectivity index (χ3v) is 8.34. The van der Waals surface area contributed by atoms with Gasteiger partial charge in [0.05, 0.1) is 25.6 Å². The monoisotopic (exact) mass is 613 g/mol. The predicted molar refractivity (Wildman–Crippen MR) is 149 cm³/mol. The molecule has 0 amide bonds. The zero-order valence-corrected chi connectivity index (χ0v) is 24.5. The highest BCUT2D eigenvalue weighted by atomic mass is 35.5. The number of aliphatic hydroxyl groups excluding tert-OH is 2. The normalized spacial score (nSPS) is 24.7. The van der Waals surface area contributed by atoms with Gasteiger partial charge in [0.2, 0.25) is 5.95 Å². The number of nitrogens with one attached hydrogen (secondary N) is 2. The van der Waals surface area contributed by atoms with Crippen molar-refractivity contribution in [3.05, 3.63) is 36.7 Å². The summed E-state index contributed by atoms with van der Waals surface area (Å²) in [6.07, 6.45) is -2.98. The summed E-state index contributed by atoms with van der Waals surface area (Å²) in [5.41, 5.74) is 6.43.